The zero-order valence-corrected chi connectivity index (χ0v) is 47.1. The number of carbonyl (C=O) groups excluding carboxylic acids is 3. The van der Waals surface area contributed by atoms with Crippen LogP contribution in [0.1, 0.15) is 108 Å². The minimum atomic E-state index is -0.489. The summed E-state index contributed by atoms with van der Waals surface area (Å²) in [6, 6.07) is 21.4. The third kappa shape index (κ3) is 19.4. The van der Waals surface area contributed by atoms with E-state index in [9.17, 15) is 19.6 Å². The Labute approximate surface area is 467 Å². The molecule has 0 saturated heterocycles. The average Bonchev–Trinajstić information content (AvgIpc) is 4.04. The molecule has 0 spiro atoms. The van der Waals surface area contributed by atoms with Crippen LogP contribution in [0.15, 0.2) is 87.1 Å². The van der Waals surface area contributed by atoms with Gasteiger partial charge in [0.05, 0.1) is 76.5 Å². The molecular formula is C56H66BrClN8O10S. The smallest absolute Gasteiger partial charge is 0.262 e. The SMILES string of the molecule is CCCC(NC(=O)/C(C#N)=C/c1cccc(Br)n1)c1ccc(OCC=NOCC(=O)CCCOCCOCCOCCOCCOCCCC(=O)C[C@@H]2N=C(c3ccc(Cl)cc3)c3c(sc(C)c3C)-n3c(C)nnc32)cc1. The van der Waals surface area contributed by atoms with E-state index in [1.807, 2.05) is 56.3 Å². The molecule has 4 heterocycles. The Kier molecular flexibility index (Phi) is 25.5. The van der Waals surface area contributed by atoms with Crippen molar-refractivity contribution in [1.82, 2.24) is 25.1 Å². The van der Waals surface area contributed by atoms with E-state index >= 15 is 0 Å². The van der Waals surface area contributed by atoms with Gasteiger partial charge in [0.2, 0.25) is 0 Å². The molecule has 410 valence electrons. The lowest BCUT2D eigenvalue weighted by Crippen LogP contribution is -2.29. The summed E-state index contributed by atoms with van der Waals surface area (Å²) in [5, 5.41) is 27.0. The Morgan fingerprint density at radius 1 is 0.857 bits per heavy atom. The number of nitrogens with zero attached hydrogens (tertiary/aromatic N) is 7. The number of halogens is 2. The molecule has 2 atom stereocenters. The number of aryl methyl sites for hydroxylation is 2. The number of benzene rings is 2. The van der Waals surface area contributed by atoms with Gasteiger partial charge < -0.3 is 38.6 Å². The monoisotopic (exact) mass is 1160 g/mol. The fourth-order valence-electron chi connectivity index (χ4n) is 8.02. The predicted octanol–water partition coefficient (Wildman–Crippen LogP) is 9.77. The molecular weight excluding hydrogens is 1090 g/mol. The Hall–Kier alpha value is -6.02. The third-order valence-electron chi connectivity index (χ3n) is 12.0. The molecule has 3 aromatic heterocycles. The largest absolute Gasteiger partial charge is 0.488 e. The fraction of sp³-hybridized carbons (Fsp3) is 0.446. The quantitative estimate of drug-likeness (QED) is 0.00997. The van der Waals surface area contributed by atoms with E-state index in [1.54, 1.807) is 41.7 Å². The van der Waals surface area contributed by atoms with Crippen LogP contribution < -0.4 is 10.1 Å². The Morgan fingerprint density at radius 2 is 1.49 bits per heavy atom. The summed E-state index contributed by atoms with van der Waals surface area (Å²) in [5.74, 6) is 1.51. The minimum Gasteiger partial charge on any atom is -0.488 e. The van der Waals surface area contributed by atoms with Crippen LogP contribution in [0.5, 0.6) is 5.75 Å². The molecule has 1 amide bonds. The number of aliphatic imine (C=N–C) groups is 1. The van der Waals surface area contributed by atoms with E-state index in [1.165, 1.54) is 17.2 Å². The second-order valence-electron chi connectivity index (χ2n) is 17.8. The van der Waals surface area contributed by atoms with Crippen molar-refractivity contribution in [1.29, 1.82) is 5.26 Å². The van der Waals surface area contributed by atoms with Crippen molar-refractivity contribution < 1.29 is 47.6 Å². The number of pyridine rings is 1. The zero-order valence-electron chi connectivity index (χ0n) is 44.0. The van der Waals surface area contributed by atoms with E-state index in [0.717, 1.165) is 45.2 Å². The number of rotatable bonds is 35. The summed E-state index contributed by atoms with van der Waals surface area (Å²) in [6.07, 6.45) is 6.38. The second kappa shape index (κ2) is 32.7. The molecule has 0 aliphatic carbocycles. The first-order valence-corrected chi connectivity index (χ1v) is 27.6. The van der Waals surface area contributed by atoms with Crippen molar-refractivity contribution in [3.63, 3.8) is 0 Å². The van der Waals surface area contributed by atoms with Crippen LogP contribution in [0.4, 0.5) is 0 Å². The van der Waals surface area contributed by atoms with Gasteiger partial charge in [-0.25, -0.2) is 4.98 Å². The molecule has 77 heavy (non-hydrogen) atoms. The molecule has 0 fully saturated rings. The number of nitrogens with one attached hydrogen (secondary N) is 1. The van der Waals surface area contributed by atoms with E-state index in [4.69, 9.17) is 49.9 Å². The Bertz CT molecular complexity index is 2830. The van der Waals surface area contributed by atoms with E-state index in [0.29, 0.717) is 125 Å². The normalized spacial score (nSPS) is 13.6. The number of hydrogen-bond donors (Lipinski definition) is 1. The number of hydrogen-bond acceptors (Lipinski definition) is 17. The standard InChI is InChI=1S/C56H66BrClN8O10S/c1-5-9-49(63-55(69)43(36-59)34-45-10-6-13-51(57)61-45)41-16-20-48(21-17-41)75-25-22-60-76-37-47(68)12-8-24-71-27-29-73-31-33-74-32-30-72-28-26-70-23-7-11-46(67)35-50-54-65-64-40(4)66(54)56-52(38(2)39(3)77-56)53(62-50)42-14-18-44(58)19-15-42/h6,10,13-22,34,49-50H,5,7-9,11-12,23-33,35,37H2,1-4H3,(H,63,69)/b43-34+,60-22?/t49?,50-/m0/s1. The molecule has 6 rings (SSSR count). The number of ketones is 2. The summed E-state index contributed by atoms with van der Waals surface area (Å²) in [5.41, 5.74) is 5.26. The molecule has 5 aromatic rings. The maximum absolute atomic E-state index is 13.3. The molecule has 0 radical (unpaired) electrons. The highest BCUT2D eigenvalue weighted by atomic mass is 79.9. The fourth-order valence-corrected chi connectivity index (χ4v) is 9.71. The minimum absolute atomic E-state index is 0.0400. The van der Waals surface area contributed by atoms with Gasteiger partial charge in [0, 0.05) is 53.5 Å². The molecule has 1 N–H and O–H groups in total. The van der Waals surface area contributed by atoms with Crippen molar-refractivity contribution >= 4 is 74.3 Å². The Morgan fingerprint density at radius 3 is 2.12 bits per heavy atom. The van der Waals surface area contributed by atoms with Crippen LogP contribution in [0, 0.1) is 32.1 Å². The number of Topliss-reactive ketones (excluding diaryl/α,β-unsaturated/α-hetero) is 2. The van der Waals surface area contributed by atoms with Gasteiger partial charge >= 0.3 is 0 Å². The van der Waals surface area contributed by atoms with Gasteiger partial charge in [-0.3, -0.25) is 23.9 Å². The first kappa shape index (κ1) is 60.2. The van der Waals surface area contributed by atoms with Crippen molar-refractivity contribution in [3.8, 4) is 16.8 Å². The maximum atomic E-state index is 13.3. The first-order chi connectivity index (χ1) is 37.4. The number of oxime groups is 1. The topological polar surface area (TPSA) is 220 Å². The average molecular weight is 1160 g/mol. The van der Waals surface area contributed by atoms with Gasteiger partial charge in [-0.05, 0) is 110 Å². The van der Waals surface area contributed by atoms with E-state index < -0.39 is 11.9 Å². The molecule has 21 heteroatoms. The molecule has 1 aliphatic heterocycles. The highest BCUT2D eigenvalue weighted by molar-refractivity contribution is 9.10. The number of thiophene rings is 1. The van der Waals surface area contributed by atoms with Gasteiger partial charge in [-0.1, -0.05) is 60.4 Å². The van der Waals surface area contributed by atoms with Crippen molar-refractivity contribution in [2.24, 2.45) is 10.1 Å². The van der Waals surface area contributed by atoms with Gasteiger partial charge in [0.1, 0.15) is 51.3 Å². The summed E-state index contributed by atoms with van der Waals surface area (Å²) in [7, 11) is 0. The van der Waals surface area contributed by atoms with Gasteiger partial charge in [-0.15, -0.1) is 21.5 Å². The van der Waals surface area contributed by atoms with E-state index in [-0.39, 0.29) is 42.8 Å². The highest BCUT2D eigenvalue weighted by Crippen LogP contribution is 2.40. The molecule has 0 bridgehead atoms. The molecule has 1 unspecified atom stereocenters. The van der Waals surface area contributed by atoms with Crippen LogP contribution >= 0.6 is 38.9 Å². The zero-order chi connectivity index (χ0) is 54.8. The Balaban J connectivity index is 0.721. The summed E-state index contributed by atoms with van der Waals surface area (Å²) in [4.78, 5) is 54.3. The molecule has 1 aliphatic rings. The van der Waals surface area contributed by atoms with Crippen LogP contribution in [0.2, 0.25) is 5.02 Å². The van der Waals surface area contributed by atoms with Crippen molar-refractivity contribution in [2.75, 3.05) is 79.3 Å². The van der Waals surface area contributed by atoms with E-state index in [2.05, 4.69) is 60.0 Å². The van der Waals surface area contributed by atoms with Crippen LogP contribution in [-0.4, -0.2) is 128 Å². The van der Waals surface area contributed by atoms with Crippen molar-refractivity contribution in [2.45, 2.75) is 84.7 Å². The van der Waals surface area contributed by atoms with Crippen LogP contribution in [0.25, 0.3) is 11.1 Å². The molecule has 2 aromatic carbocycles. The lowest BCUT2D eigenvalue weighted by molar-refractivity contribution is -0.124. The number of nitriles is 1. The van der Waals surface area contributed by atoms with Crippen LogP contribution in [-0.2, 0) is 42.9 Å². The maximum Gasteiger partial charge on any atom is 0.262 e. The number of fused-ring (bicyclic) bond motifs is 3. The van der Waals surface area contributed by atoms with Gasteiger partial charge in [0.15, 0.2) is 18.2 Å². The van der Waals surface area contributed by atoms with Gasteiger partial charge in [-0.2, -0.15) is 5.26 Å². The lowest BCUT2D eigenvalue weighted by Gasteiger charge is -2.19. The summed E-state index contributed by atoms with van der Waals surface area (Å²) >= 11 is 11.2. The second-order valence-corrected chi connectivity index (χ2v) is 20.2. The number of carbonyl (C=O) groups is 3. The summed E-state index contributed by atoms with van der Waals surface area (Å²) < 4.78 is 36.4. The summed E-state index contributed by atoms with van der Waals surface area (Å²) in [6.45, 7) is 12.3. The van der Waals surface area contributed by atoms with Crippen LogP contribution in [0.3, 0.4) is 0 Å². The third-order valence-corrected chi connectivity index (χ3v) is 13.9. The first-order valence-electron chi connectivity index (χ1n) is 25.7. The number of aromatic nitrogens is 4. The number of amides is 1. The molecule has 18 nitrogen and oxygen atoms in total. The number of ether oxygens (including phenoxy) is 6. The predicted molar refractivity (Wildman–Crippen MR) is 298 cm³/mol. The van der Waals surface area contributed by atoms with Gasteiger partial charge in [0.25, 0.3) is 5.91 Å². The van der Waals surface area contributed by atoms with Crippen molar-refractivity contribution in [3.05, 3.63) is 126 Å². The highest BCUT2D eigenvalue weighted by Gasteiger charge is 2.32. The molecule has 0 saturated carbocycles. The lowest BCUT2D eigenvalue weighted by atomic mass is 9.99.